The second-order valence-electron chi connectivity index (χ2n) is 9.05. The highest BCUT2D eigenvalue weighted by Crippen LogP contribution is 2.32. The Kier molecular flexibility index (Phi) is 8.12. The molecule has 0 bridgehead atoms. The van der Waals surface area contributed by atoms with Gasteiger partial charge >= 0.3 is 12.4 Å². The minimum Gasteiger partial charge on any atom is -0.380 e. The van der Waals surface area contributed by atoms with Crippen LogP contribution in [0.5, 0.6) is 0 Å². The van der Waals surface area contributed by atoms with Gasteiger partial charge in [-0.25, -0.2) is 23.8 Å². The Morgan fingerprint density at radius 1 is 1.02 bits per heavy atom. The number of anilines is 1. The second-order valence-corrected chi connectivity index (χ2v) is 9.05. The van der Waals surface area contributed by atoms with E-state index in [9.17, 15) is 40.3 Å². The number of hydrogen-bond acceptors (Lipinski definition) is 6. The van der Waals surface area contributed by atoms with E-state index in [4.69, 9.17) is 0 Å². The Morgan fingerprint density at radius 2 is 1.71 bits per heavy atom. The minimum absolute atomic E-state index is 0.151. The fraction of sp³-hybridized carbons (Fsp3) is 0.320. The summed E-state index contributed by atoms with van der Waals surface area (Å²) in [6, 6.07) is 2.52. The SMILES string of the molecule is CC[C@@H](C[C@@H](F)Cn1ccc2cc(-c3ncc(C(F)(F)F)cn3)c(F)cc2c1=O)Nc1cn[nH]c(=O)c1C(F)(F)F. The molecule has 8 nitrogen and oxygen atoms in total. The third-order valence-corrected chi connectivity index (χ3v) is 6.21. The number of aromatic amines is 1. The number of alkyl halides is 7. The molecule has 0 amide bonds. The first-order valence-corrected chi connectivity index (χ1v) is 12.0. The summed E-state index contributed by atoms with van der Waals surface area (Å²) in [6.45, 7) is 1.07. The first-order valence-electron chi connectivity index (χ1n) is 12.0. The molecule has 1 aromatic carbocycles. The molecule has 0 saturated heterocycles. The maximum Gasteiger partial charge on any atom is 0.423 e. The van der Waals surface area contributed by atoms with Gasteiger partial charge < -0.3 is 9.88 Å². The standard InChI is InChI=1S/C25H20F8N6O2/c1-2-15(37-19-10-36-38-22(40)20(19)25(31,32)33)6-14(26)11-39-4-3-12-5-17(18(27)7-16(12)23(39)41)21-34-8-13(9-35-21)24(28,29)30/h3-5,7-10,14-15H,2,6,11H2,1H3,(H2,37,38,40)/t14-,15+/m1/s1. The fourth-order valence-corrected chi connectivity index (χ4v) is 4.17. The van der Waals surface area contributed by atoms with E-state index in [0.717, 1.165) is 16.8 Å². The highest BCUT2D eigenvalue weighted by atomic mass is 19.4. The number of aromatic nitrogens is 5. The first kappa shape index (κ1) is 29.6. The summed E-state index contributed by atoms with van der Waals surface area (Å²) >= 11 is 0. The van der Waals surface area contributed by atoms with Crippen molar-refractivity contribution in [3.05, 3.63) is 80.6 Å². The van der Waals surface area contributed by atoms with Gasteiger partial charge in [0.15, 0.2) is 5.82 Å². The zero-order valence-electron chi connectivity index (χ0n) is 20.9. The maximum atomic E-state index is 15.0. The zero-order chi connectivity index (χ0) is 30.1. The van der Waals surface area contributed by atoms with Gasteiger partial charge in [0.2, 0.25) is 0 Å². The summed E-state index contributed by atoms with van der Waals surface area (Å²) in [5.74, 6) is -1.33. The monoisotopic (exact) mass is 588 g/mol. The molecule has 0 radical (unpaired) electrons. The molecule has 0 saturated carbocycles. The van der Waals surface area contributed by atoms with Crippen molar-refractivity contribution >= 4 is 16.5 Å². The molecule has 218 valence electrons. The van der Waals surface area contributed by atoms with Crippen LogP contribution in [0.3, 0.4) is 0 Å². The summed E-state index contributed by atoms with van der Waals surface area (Å²) in [4.78, 5) is 31.7. The van der Waals surface area contributed by atoms with E-state index in [1.165, 1.54) is 18.3 Å². The highest BCUT2D eigenvalue weighted by Gasteiger charge is 2.38. The van der Waals surface area contributed by atoms with Crippen molar-refractivity contribution in [2.75, 3.05) is 5.32 Å². The predicted molar refractivity (Wildman–Crippen MR) is 131 cm³/mol. The summed E-state index contributed by atoms with van der Waals surface area (Å²) in [5, 5.41) is 7.59. The van der Waals surface area contributed by atoms with Gasteiger partial charge in [-0.1, -0.05) is 6.92 Å². The van der Waals surface area contributed by atoms with Gasteiger partial charge in [0, 0.05) is 31.1 Å². The van der Waals surface area contributed by atoms with Crippen LogP contribution >= 0.6 is 0 Å². The maximum absolute atomic E-state index is 15.0. The van der Waals surface area contributed by atoms with E-state index in [1.807, 2.05) is 0 Å². The number of hydrogen-bond donors (Lipinski definition) is 2. The van der Waals surface area contributed by atoms with Gasteiger partial charge in [0.25, 0.3) is 11.1 Å². The predicted octanol–water partition coefficient (Wildman–Crippen LogP) is 5.34. The van der Waals surface area contributed by atoms with Crippen LogP contribution in [0.4, 0.5) is 40.8 Å². The molecule has 0 aliphatic rings. The molecule has 2 atom stereocenters. The van der Waals surface area contributed by atoms with Crippen LogP contribution in [0, 0.1) is 5.82 Å². The lowest BCUT2D eigenvalue weighted by atomic mass is 10.1. The number of nitrogens with zero attached hydrogens (tertiary/aromatic N) is 4. The largest absolute Gasteiger partial charge is 0.423 e. The van der Waals surface area contributed by atoms with Crippen molar-refractivity contribution in [1.82, 2.24) is 24.7 Å². The highest BCUT2D eigenvalue weighted by molar-refractivity contribution is 5.86. The van der Waals surface area contributed by atoms with E-state index >= 15 is 4.39 Å². The Labute approximate surface area is 225 Å². The summed E-state index contributed by atoms with van der Waals surface area (Å²) in [7, 11) is 0. The molecule has 3 aromatic heterocycles. The summed E-state index contributed by atoms with van der Waals surface area (Å²) in [6.07, 6.45) is -8.59. The third kappa shape index (κ3) is 6.52. The van der Waals surface area contributed by atoms with Gasteiger partial charge in [-0.05, 0) is 30.0 Å². The van der Waals surface area contributed by atoms with Crippen molar-refractivity contribution in [2.24, 2.45) is 0 Å². The van der Waals surface area contributed by atoms with Crippen LogP contribution in [0.1, 0.15) is 30.9 Å². The van der Waals surface area contributed by atoms with Gasteiger partial charge in [0.05, 0.1) is 34.9 Å². The molecule has 0 aliphatic heterocycles. The fourth-order valence-electron chi connectivity index (χ4n) is 4.17. The van der Waals surface area contributed by atoms with E-state index in [-0.39, 0.29) is 35.0 Å². The van der Waals surface area contributed by atoms with Crippen molar-refractivity contribution in [3.63, 3.8) is 0 Å². The van der Waals surface area contributed by atoms with Gasteiger partial charge in [-0.3, -0.25) is 9.59 Å². The number of rotatable bonds is 8. The molecule has 16 heteroatoms. The number of nitrogens with one attached hydrogen (secondary N) is 2. The normalized spacial score (nSPS) is 13.8. The number of benzene rings is 1. The Morgan fingerprint density at radius 3 is 2.32 bits per heavy atom. The molecule has 0 aliphatic carbocycles. The Bertz CT molecular complexity index is 1660. The number of halogens is 8. The third-order valence-electron chi connectivity index (χ3n) is 6.21. The van der Waals surface area contributed by atoms with Crippen molar-refractivity contribution in [1.29, 1.82) is 0 Å². The van der Waals surface area contributed by atoms with E-state index in [1.54, 1.807) is 12.0 Å². The number of pyridine rings is 1. The molecule has 0 unspecified atom stereocenters. The first-order chi connectivity index (χ1) is 19.2. The van der Waals surface area contributed by atoms with E-state index in [2.05, 4.69) is 20.4 Å². The van der Waals surface area contributed by atoms with Crippen molar-refractivity contribution < 1.29 is 35.1 Å². The summed E-state index contributed by atoms with van der Waals surface area (Å²) < 4.78 is 109. The molecule has 3 heterocycles. The smallest absolute Gasteiger partial charge is 0.380 e. The Balaban J connectivity index is 1.54. The number of fused-ring (bicyclic) bond motifs is 1. The lowest BCUT2D eigenvalue weighted by Crippen LogP contribution is -2.31. The zero-order valence-corrected chi connectivity index (χ0v) is 20.9. The minimum atomic E-state index is -4.99. The van der Waals surface area contributed by atoms with Crippen molar-refractivity contribution in [3.8, 4) is 11.4 Å². The van der Waals surface area contributed by atoms with Crippen LogP contribution in [0.25, 0.3) is 22.2 Å². The van der Waals surface area contributed by atoms with Crippen LogP contribution in [-0.4, -0.2) is 36.9 Å². The van der Waals surface area contributed by atoms with Gasteiger partial charge in [-0.15, -0.1) is 0 Å². The van der Waals surface area contributed by atoms with Crippen LogP contribution in [0.15, 0.2) is 52.6 Å². The molecule has 4 aromatic rings. The van der Waals surface area contributed by atoms with Gasteiger partial charge in [-0.2, -0.15) is 31.4 Å². The van der Waals surface area contributed by atoms with Gasteiger partial charge in [0.1, 0.15) is 17.6 Å². The molecule has 0 spiro atoms. The second kappa shape index (κ2) is 11.2. The molecule has 2 N–H and O–H groups in total. The topological polar surface area (TPSA) is 106 Å². The molecule has 4 rings (SSSR count). The van der Waals surface area contributed by atoms with Crippen LogP contribution in [0.2, 0.25) is 0 Å². The van der Waals surface area contributed by atoms with E-state index < -0.39 is 64.9 Å². The van der Waals surface area contributed by atoms with E-state index in [0.29, 0.717) is 12.4 Å². The number of H-pyrrole nitrogens is 1. The lowest BCUT2D eigenvalue weighted by Gasteiger charge is -2.22. The summed E-state index contributed by atoms with van der Waals surface area (Å²) in [5.41, 5.74) is -5.74. The van der Waals surface area contributed by atoms with Crippen LogP contribution < -0.4 is 16.4 Å². The molecule has 0 fully saturated rings. The average molecular weight is 588 g/mol. The lowest BCUT2D eigenvalue weighted by molar-refractivity contribution is -0.139. The Hall–Kier alpha value is -4.37. The quantitative estimate of drug-likeness (QED) is 0.270. The average Bonchev–Trinajstić information content (AvgIpc) is 2.89. The molecular weight excluding hydrogens is 568 g/mol. The molecule has 41 heavy (non-hydrogen) atoms. The van der Waals surface area contributed by atoms with Crippen molar-refractivity contribution in [2.45, 2.75) is 50.9 Å². The van der Waals surface area contributed by atoms with Crippen LogP contribution in [-0.2, 0) is 18.9 Å². The molecular formula is C25H20F8N6O2.